The van der Waals surface area contributed by atoms with Crippen LogP contribution < -0.4 is 0 Å². The van der Waals surface area contributed by atoms with Crippen LogP contribution in [0.25, 0.3) is 0 Å². The van der Waals surface area contributed by atoms with Crippen LogP contribution in [0.3, 0.4) is 0 Å². The molecule has 98 valence electrons. The Bertz CT molecular complexity index is 251. The zero-order valence-corrected chi connectivity index (χ0v) is 11.0. The van der Waals surface area contributed by atoms with Gasteiger partial charge < -0.3 is 9.90 Å². The summed E-state index contributed by atoms with van der Waals surface area (Å²) in [6.45, 7) is 3.74. The summed E-state index contributed by atoms with van der Waals surface area (Å²) < 4.78 is 0. The molecule has 0 aliphatic heterocycles. The van der Waals surface area contributed by atoms with Crippen LogP contribution in [0.4, 0.5) is 0 Å². The lowest BCUT2D eigenvalue weighted by molar-refractivity contribution is -0.137. The fourth-order valence-electron chi connectivity index (χ4n) is 1.65. The number of aliphatic carboxylic acids is 1. The normalized spacial score (nSPS) is 14.4. The second kappa shape index (κ2) is 10.1. The lowest BCUT2D eigenvalue weighted by Crippen LogP contribution is -1.95. The van der Waals surface area contributed by atoms with E-state index >= 15 is 0 Å². The van der Waals surface area contributed by atoms with Gasteiger partial charge in [0.25, 0.3) is 0 Å². The van der Waals surface area contributed by atoms with Crippen molar-refractivity contribution in [2.45, 2.75) is 65.2 Å². The van der Waals surface area contributed by atoms with Gasteiger partial charge in [-0.2, -0.15) is 0 Å². The summed E-state index contributed by atoms with van der Waals surface area (Å²) >= 11 is 0. The van der Waals surface area contributed by atoms with E-state index in [9.17, 15) is 9.59 Å². The van der Waals surface area contributed by atoms with Crippen LogP contribution in [0.15, 0.2) is 11.6 Å². The molecule has 0 spiro atoms. The van der Waals surface area contributed by atoms with Crippen molar-refractivity contribution in [2.24, 2.45) is 0 Å². The monoisotopic (exact) mass is 240 g/mol. The zero-order chi connectivity index (χ0) is 13.1. The molecular formula is C14H24O3. The number of carbonyl (C=O) groups excluding carboxylic acids is 1. The standard InChI is InChI=1S/C7H12O3.C7H12/c1-6(8)4-2-3-5-7(9)10;1-7-5-3-2-4-6-7/h2-5H2,1H3,(H,9,10);5H,2-4,6H2,1H3. The molecule has 0 fully saturated rings. The SMILES string of the molecule is CC(=O)CCCCC(=O)O.CC1=CCCCC1. The number of rotatable bonds is 5. The van der Waals surface area contributed by atoms with Crippen LogP contribution in [0, 0.1) is 0 Å². The summed E-state index contributed by atoms with van der Waals surface area (Å²) in [6.07, 6.45) is 9.84. The molecule has 0 unspecified atom stereocenters. The molecular weight excluding hydrogens is 216 g/mol. The van der Waals surface area contributed by atoms with Crippen LogP contribution in [0.1, 0.15) is 65.2 Å². The van der Waals surface area contributed by atoms with E-state index in [0.717, 1.165) is 0 Å². The highest BCUT2D eigenvalue weighted by molar-refractivity contribution is 5.75. The van der Waals surface area contributed by atoms with Crippen LogP contribution in [0.5, 0.6) is 0 Å². The number of carboxylic acids is 1. The van der Waals surface area contributed by atoms with Gasteiger partial charge in [0.05, 0.1) is 0 Å². The number of carbonyl (C=O) groups is 2. The molecule has 0 aromatic rings. The van der Waals surface area contributed by atoms with Crippen molar-refractivity contribution in [1.29, 1.82) is 0 Å². The summed E-state index contributed by atoms with van der Waals surface area (Å²) in [6, 6.07) is 0. The van der Waals surface area contributed by atoms with Gasteiger partial charge in [-0.05, 0) is 52.4 Å². The molecule has 1 N–H and O–H groups in total. The Labute approximate surface area is 104 Å². The zero-order valence-electron chi connectivity index (χ0n) is 11.0. The number of hydrogen-bond acceptors (Lipinski definition) is 2. The molecule has 1 aliphatic rings. The van der Waals surface area contributed by atoms with E-state index < -0.39 is 5.97 Å². The van der Waals surface area contributed by atoms with Crippen molar-refractivity contribution in [3.63, 3.8) is 0 Å². The Morgan fingerprint density at radius 1 is 1.24 bits per heavy atom. The third kappa shape index (κ3) is 12.8. The molecule has 0 aromatic carbocycles. The molecule has 0 saturated carbocycles. The Hall–Kier alpha value is -1.12. The van der Waals surface area contributed by atoms with Gasteiger partial charge in [-0.25, -0.2) is 0 Å². The van der Waals surface area contributed by atoms with Gasteiger partial charge in [0.1, 0.15) is 5.78 Å². The minimum absolute atomic E-state index is 0.130. The summed E-state index contributed by atoms with van der Waals surface area (Å²) in [5.74, 6) is -0.658. The van der Waals surface area contributed by atoms with Gasteiger partial charge in [-0.15, -0.1) is 0 Å². The molecule has 0 saturated heterocycles. The maximum atomic E-state index is 10.3. The number of unbranched alkanes of at least 4 members (excludes halogenated alkanes) is 1. The average Bonchev–Trinajstić information content (AvgIpc) is 2.26. The van der Waals surface area contributed by atoms with E-state index in [2.05, 4.69) is 13.0 Å². The van der Waals surface area contributed by atoms with Gasteiger partial charge >= 0.3 is 5.97 Å². The molecule has 0 amide bonds. The molecule has 3 heteroatoms. The number of hydrogen-bond donors (Lipinski definition) is 1. The van der Waals surface area contributed by atoms with E-state index in [0.29, 0.717) is 19.3 Å². The van der Waals surface area contributed by atoms with E-state index in [1.54, 1.807) is 5.57 Å². The van der Waals surface area contributed by atoms with Crippen LogP contribution in [0.2, 0.25) is 0 Å². The fourth-order valence-corrected chi connectivity index (χ4v) is 1.65. The van der Waals surface area contributed by atoms with Gasteiger partial charge in [0, 0.05) is 12.8 Å². The molecule has 0 radical (unpaired) electrons. The van der Waals surface area contributed by atoms with Crippen molar-refractivity contribution >= 4 is 11.8 Å². The molecule has 17 heavy (non-hydrogen) atoms. The first-order valence-electron chi connectivity index (χ1n) is 6.39. The highest BCUT2D eigenvalue weighted by Gasteiger charge is 1.97. The highest BCUT2D eigenvalue weighted by atomic mass is 16.4. The van der Waals surface area contributed by atoms with Gasteiger partial charge in [-0.1, -0.05) is 11.6 Å². The predicted octanol–water partition coefficient (Wildman–Crippen LogP) is 3.73. The van der Waals surface area contributed by atoms with E-state index in [1.807, 2.05) is 0 Å². The van der Waals surface area contributed by atoms with Crippen LogP contribution >= 0.6 is 0 Å². The molecule has 0 bridgehead atoms. The summed E-state index contributed by atoms with van der Waals surface area (Å²) in [7, 11) is 0. The van der Waals surface area contributed by atoms with Crippen molar-refractivity contribution in [2.75, 3.05) is 0 Å². The first kappa shape index (κ1) is 15.9. The van der Waals surface area contributed by atoms with Crippen LogP contribution in [-0.4, -0.2) is 16.9 Å². The number of ketones is 1. The second-order valence-corrected chi connectivity index (χ2v) is 4.60. The third-order valence-corrected chi connectivity index (χ3v) is 2.69. The van der Waals surface area contributed by atoms with E-state index in [4.69, 9.17) is 5.11 Å². The minimum Gasteiger partial charge on any atom is -0.481 e. The first-order valence-corrected chi connectivity index (χ1v) is 6.39. The van der Waals surface area contributed by atoms with Crippen LogP contribution in [-0.2, 0) is 9.59 Å². The van der Waals surface area contributed by atoms with Crippen molar-refractivity contribution in [3.05, 3.63) is 11.6 Å². The number of Topliss-reactive ketones (excluding diaryl/α,β-unsaturated/α-hetero) is 1. The maximum Gasteiger partial charge on any atom is 0.303 e. The molecule has 0 atom stereocenters. The van der Waals surface area contributed by atoms with E-state index in [1.165, 1.54) is 32.6 Å². The average molecular weight is 240 g/mol. The molecule has 1 aliphatic carbocycles. The quantitative estimate of drug-likeness (QED) is 0.588. The first-order chi connectivity index (χ1) is 8.02. The van der Waals surface area contributed by atoms with Gasteiger partial charge in [-0.3, -0.25) is 4.79 Å². The topological polar surface area (TPSA) is 54.4 Å². The minimum atomic E-state index is -0.788. The summed E-state index contributed by atoms with van der Waals surface area (Å²) in [4.78, 5) is 20.3. The highest BCUT2D eigenvalue weighted by Crippen LogP contribution is 2.15. The Morgan fingerprint density at radius 2 is 1.88 bits per heavy atom. The molecule has 3 nitrogen and oxygen atoms in total. The largest absolute Gasteiger partial charge is 0.481 e. The van der Waals surface area contributed by atoms with Crippen molar-refractivity contribution in [3.8, 4) is 0 Å². The number of allylic oxidation sites excluding steroid dienone is 2. The number of carboxylic acid groups (broad SMARTS) is 1. The third-order valence-electron chi connectivity index (χ3n) is 2.69. The Kier molecular flexibility index (Phi) is 9.40. The Balaban J connectivity index is 0.000000318. The van der Waals surface area contributed by atoms with Gasteiger partial charge in [0.15, 0.2) is 0 Å². The lowest BCUT2D eigenvalue weighted by atomic mass is 10.0. The molecule has 0 aromatic heterocycles. The second-order valence-electron chi connectivity index (χ2n) is 4.60. The Morgan fingerprint density at radius 3 is 2.24 bits per heavy atom. The lowest BCUT2D eigenvalue weighted by Gasteiger charge is -2.05. The van der Waals surface area contributed by atoms with Crippen molar-refractivity contribution in [1.82, 2.24) is 0 Å². The smallest absolute Gasteiger partial charge is 0.303 e. The molecule has 1 rings (SSSR count). The summed E-state index contributed by atoms with van der Waals surface area (Å²) in [5.41, 5.74) is 1.59. The van der Waals surface area contributed by atoms with Crippen molar-refractivity contribution < 1.29 is 14.7 Å². The summed E-state index contributed by atoms with van der Waals surface area (Å²) in [5, 5.41) is 8.19. The van der Waals surface area contributed by atoms with Gasteiger partial charge in [0.2, 0.25) is 0 Å². The van der Waals surface area contributed by atoms with E-state index in [-0.39, 0.29) is 12.2 Å². The maximum absolute atomic E-state index is 10.3. The fraction of sp³-hybridized carbons (Fsp3) is 0.714. The predicted molar refractivity (Wildman–Crippen MR) is 69.0 cm³/mol. The molecule has 0 heterocycles.